The fraction of sp³-hybridized carbons (Fsp3) is 0.500. The van der Waals surface area contributed by atoms with Crippen LogP contribution in [0.25, 0.3) is 0 Å². The quantitative estimate of drug-likeness (QED) is 0.586. The molecule has 1 unspecified atom stereocenters. The Hall–Kier alpha value is -0.571. The van der Waals surface area contributed by atoms with Crippen LogP contribution >= 0.6 is 0 Å². The highest BCUT2D eigenvalue weighted by Crippen LogP contribution is 2.41. The van der Waals surface area contributed by atoms with Crippen LogP contribution in [0.3, 0.4) is 0 Å². The molecule has 20 radical (unpaired) electrons. The van der Waals surface area contributed by atoms with Crippen LogP contribution in [0.4, 0.5) is 0 Å². The number of rotatable bonds is 5. The molecule has 0 aliphatic carbocycles. The highest BCUT2D eigenvalue weighted by molar-refractivity contribution is 6.67. The van der Waals surface area contributed by atoms with Crippen LogP contribution in [0.2, 0.25) is 5.11 Å². The van der Waals surface area contributed by atoms with E-state index >= 15 is 0 Å². The molecule has 1 aliphatic heterocycles. The fourth-order valence-corrected chi connectivity index (χ4v) is 2.24. The first-order valence-electron chi connectivity index (χ1n) is 7.19. The lowest BCUT2D eigenvalue weighted by Crippen LogP contribution is -2.71. The minimum Gasteiger partial charge on any atom is -0.468 e. The van der Waals surface area contributed by atoms with E-state index in [1.165, 1.54) is 19.1 Å². The number of hydrogen-bond donors (Lipinski definition) is 1. The molecule has 1 N–H and O–H groups in total. The molecule has 1 atom stereocenters. The SMILES string of the molecule is [B]C1([B])Oc2ccc(C([B])([B])C([B])(C)NC([B])([B])C([B])([B])[B])cc2O1. The molecule has 25 heavy (non-hydrogen) atoms. The number of fused-ring (bicyclic) bond motifs is 1. The minimum atomic E-state index is -2.02. The smallest absolute Gasteiger partial charge is 0.175 e. The standard InChI is InChI=1S/C12H7B10NO2/c1-8(13,23-11(19,20)10(16,17)18)9(14,15)5-2-3-6-7(4-5)25-12(21,22)24-6/h2-4,23H,1H3. The minimum absolute atomic E-state index is 0.233. The Bertz CT molecular complexity index is 670. The van der Waals surface area contributed by atoms with E-state index in [-0.39, 0.29) is 5.75 Å². The number of ether oxygens (including phenoxy) is 2. The Morgan fingerprint density at radius 2 is 1.40 bits per heavy atom. The van der Waals surface area contributed by atoms with Crippen LogP contribution in [-0.4, -0.2) is 94.8 Å². The van der Waals surface area contributed by atoms with E-state index < -0.39 is 26.7 Å². The normalized spacial score (nSPS) is 19.2. The number of nitrogens with one attached hydrogen (secondary N) is 1. The topological polar surface area (TPSA) is 30.5 Å². The Morgan fingerprint density at radius 1 is 0.880 bits per heavy atom. The van der Waals surface area contributed by atoms with E-state index in [0.29, 0.717) is 11.3 Å². The van der Waals surface area contributed by atoms with Gasteiger partial charge in [0.15, 0.2) is 32.8 Å². The van der Waals surface area contributed by atoms with Gasteiger partial charge in [-0.25, -0.2) is 0 Å². The monoisotopic (exact) mass is 307 g/mol. The van der Waals surface area contributed by atoms with Crippen LogP contribution in [0.5, 0.6) is 11.5 Å². The molecule has 0 saturated carbocycles. The van der Waals surface area contributed by atoms with Crippen molar-refractivity contribution in [2.75, 3.05) is 0 Å². The van der Waals surface area contributed by atoms with Gasteiger partial charge in [0.05, 0.1) is 62.8 Å². The van der Waals surface area contributed by atoms with Crippen LogP contribution < -0.4 is 14.8 Å². The van der Waals surface area contributed by atoms with Crippen molar-refractivity contribution < 1.29 is 9.47 Å². The van der Waals surface area contributed by atoms with Crippen LogP contribution in [0.15, 0.2) is 18.2 Å². The van der Waals surface area contributed by atoms with Gasteiger partial charge in [0.1, 0.15) is 0 Å². The molecule has 0 saturated heterocycles. The van der Waals surface area contributed by atoms with Crippen LogP contribution in [-0.2, 0) is 5.21 Å². The second-order valence-electron chi connectivity index (χ2n) is 6.59. The van der Waals surface area contributed by atoms with Gasteiger partial charge in [-0.3, -0.25) is 0 Å². The van der Waals surface area contributed by atoms with E-state index in [0.717, 1.165) is 0 Å². The third-order valence-corrected chi connectivity index (χ3v) is 4.00. The Morgan fingerprint density at radius 3 is 1.92 bits per heavy atom. The summed E-state index contributed by atoms with van der Waals surface area (Å²) in [6.45, 7) is 1.44. The van der Waals surface area contributed by atoms with Crippen LogP contribution in [0, 0.1) is 0 Å². The average Bonchev–Trinajstić information content (AvgIpc) is 2.68. The summed E-state index contributed by atoms with van der Waals surface area (Å²) in [6, 6.07) is 4.54. The van der Waals surface area contributed by atoms with Gasteiger partial charge >= 0.3 is 0 Å². The summed E-state index contributed by atoms with van der Waals surface area (Å²) >= 11 is 0. The van der Waals surface area contributed by atoms with E-state index in [1.54, 1.807) is 6.07 Å². The molecular weight excluding hydrogens is 298 g/mol. The van der Waals surface area contributed by atoms with Crippen LogP contribution in [0.1, 0.15) is 12.5 Å². The summed E-state index contributed by atoms with van der Waals surface area (Å²) in [5.74, 6) is 0.546. The van der Waals surface area contributed by atoms with Crippen molar-refractivity contribution in [3.63, 3.8) is 0 Å². The number of hydrogen-bond acceptors (Lipinski definition) is 3. The maximum atomic E-state index is 6.23. The van der Waals surface area contributed by atoms with Crippen molar-refractivity contribution >= 4 is 78.5 Å². The zero-order valence-corrected chi connectivity index (χ0v) is 13.8. The zero-order valence-electron chi connectivity index (χ0n) is 13.8. The highest BCUT2D eigenvalue weighted by atomic mass is 16.7. The van der Waals surface area contributed by atoms with Gasteiger partial charge in [0.25, 0.3) is 0 Å². The average molecular weight is 305 g/mol. The molecule has 0 fully saturated rings. The molecule has 0 amide bonds. The predicted molar refractivity (Wildman–Crippen MR) is 107 cm³/mol. The largest absolute Gasteiger partial charge is 0.468 e. The van der Waals surface area contributed by atoms with Crippen molar-refractivity contribution in [1.82, 2.24) is 5.32 Å². The molecule has 3 nitrogen and oxygen atoms in total. The molecule has 13 heteroatoms. The first kappa shape index (κ1) is 20.7. The summed E-state index contributed by atoms with van der Waals surface area (Å²) in [7, 11) is 58.0. The third-order valence-electron chi connectivity index (χ3n) is 4.00. The number of benzene rings is 1. The van der Waals surface area contributed by atoms with Gasteiger partial charge in [-0.05, 0) is 17.6 Å². The highest BCUT2D eigenvalue weighted by Gasteiger charge is 2.43. The lowest BCUT2D eigenvalue weighted by molar-refractivity contribution is 0.0833. The van der Waals surface area contributed by atoms with Crippen molar-refractivity contribution in [3.8, 4) is 11.5 Å². The second-order valence-corrected chi connectivity index (χ2v) is 6.59. The van der Waals surface area contributed by atoms with Gasteiger partial charge in [-0.2, -0.15) is 0 Å². The summed E-state index contributed by atoms with van der Waals surface area (Å²) in [6.07, 6.45) is 0. The van der Waals surface area contributed by atoms with Crippen molar-refractivity contribution in [2.24, 2.45) is 0 Å². The zero-order chi connectivity index (χ0) is 19.5. The summed E-state index contributed by atoms with van der Waals surface area (Å²) in [5.41, 5.74) is -3.08. The van der Waals surface area contributed by atoms with E-state index in [4.69, 9.17) is 87.9 Å². The lowest BCUT2D eigenvalue weighted by atomic mass is 9.25. The van der Waals surface area contributed by atoms with Gasteiger partial charge in [0, 0.05) is 0 Å². The molecule has 102 valence electrons. The molecule has 0 spiro atoms. The fourth-order valence-electron chi connectivity index (χ4n) is 2.24. The third kappa shape index (κ3) is 3.91. The first-order valence-corrected chi connectivity index (χ1v) is 7.19. The van der Waals surface area contributed by atoms with Crippen molar-refractivity contribution in [3.05, 3.63) is 23.8 Å². The first-order chi connectivity index (χ1) is 11.0. The Balaban J connectivity index is 2.35. The molecule has 0 aromatic heterocycles. The molecule has 0 bridgehead atoms. The van der Waals surface area contributed by atoms with E-state index in [2.05, 4.69) is 5.32 Å². The summed E-state index contributed by atoms with van der Waals surface area (Å²) in [4.78, 5) is 0. The van der Waals surface area contributed by atoms with Gasteiger partial charge in [-0.15, -0.1) is 5.11 Å². The molecule has 1 aromatic rings. The van der Waals surface area contributed by atoms with Gasteiger partial charge < -0.3 is 14.8 Å². The van der Waals surface area contributed by atoms with Crippen molar-refractivity contribution in [2.45, 2.75) is 33.6 Å². The Kier molecular flexibility index (Phi) is 4.95. The summed E-state index contributed by atoms with van der Waals surface area (Å²) in [5, 5.41) is -3.16. The Labute approximate surface area is 162 Å². The van der Waals surface area contributed by atoms with Crippen molar-refractivity contribution in [1.29, 1.82) is 0 Å². The molecule has 1 heterocycles. The summed E-state index contributed by atoms with van der Waals surface area (Å²) < 4.78 is 10.4. The lowest BCUT2D eigenvalue weighted by Gasteiger charge is -2.54. The predicted octanol–water partition coefficient (Wildman–Crippen LogP) is -3.06. The molecule has 2 rings (SSSR count). The maximum Gasteiger partial charge on any atom is 0.175 e. The van der Waals surface area contributed by atoms with E-state index in [9.17, 15) is 0 Å². The second kappa shape index (κ2) is 5.97. The molecule has 1 aliphatic rings. The van der Waals surface area contributed by atoms with E-state index in [1.807, 2.05) is 0 Å². The molecular formula is C12H7B10NO2. The molecule has 1 aromatic carbocycles. The van der Waals surface area contributed by atoms with Gasteiger partial charge in [-0.1, -0.05) is 29.1 Å². The van der Waals surface area contributed by atoms with Gasteiger partial charge in [0.2, 0.25) is 0 Å². The maximum absolute atomic E-state index is 6.23.